The molecule has 0 fully saturated rings. The Morgan fingerprint density at radius 3 is 2.79 bits per heavy atom. The van der Waals surface area contributed by atoms with Gasteiger partial charge in [0.05, 0.1) is 0 Å². The Balaban J connectivity index is 2.15. The number of hydrogen-bond acceptors (Lipinski definition) is 3. The smallest absolute Gasteiger partial charge is 0.124 e. The fourth-order valence-corrected chi connectivity index (χ4v) is 2.04. The predicted molar refractivity (Wildman–Crippen MR) is 77.4 cm³/mol. The van der Waals surface area contributed by atoms with E-state index in [-0.39, 0.29) is 6.04 Å². The topological polar surface area (TPSA) is 48.1 Å². The zero-order chi connectivity index (χ0) is 13.8. The van der Waals surface area contributed by atoms with Gasteiger partial charge in [0.2, 0.25) is 0 Å². The zero-order valence-corrected chi connectivity index (χ0v) is 11.8. The lowest BCUT2D eigenvalue weighted by molar-refractivity contribution is 0.301. The van der Waals surface area contributed by atoms with E-state index in [1.165, 1.54) is 0 Å². The molecule has 1 heterocycles. The summed E-state index contributed by atoms with van der Waals surface area (Å²) in [5.74, 6) is 0.765. The van der Waals surface area contributed by atoms with Gasteiger partial charge >= 0.3 is 0 Å². The molecule has 2 aromatic rings. The van der Waals surface area contributed by atoms with E-state index in [1.54, 1.807) is 12.3 Å². The molecule has 3 nitrogen and oxygen atoms in total. The van der Waals surface area contributed by atoms with Crippen LogP contribution in [0.5, 0.6) is 5.75 Å². The minimum absolute atomic E-state index is 0.121. The molecule has 2 rings (SSSR count). The van der Waals surface area contributed by atoms with Crippen molar-refractivity contribution in [1.82, 2.24) is 4.98 Å². The number of nitrogens with zero attached hydrogens (tertiary/aromatic N) is 1. The summed E-state index contributed by atoms with van der Waals surface area (Å²) in [4.78, 5) is 4.14. The van der Waals surface area contributed by atoms with Crippen molar-refractivity contribution in [2.24, 2.45) is 5.73 Å². The van der Waals surface area contributed by atoms with E-state index >= 15 is 0 Å². The van der Waals surface area contributed by atoms with Crippen LogP contribution in [-0.4, -0.2) is 4.98 Å². The summed E-state index contributed by atoms with van der Waals surface area (Å²) in [7, 11) is 0. The van der Waals surface area contributed by atoms with E-state index in [1.807, 2.05) is 32.2 Å². The lowest BCUT2D eigenvalue weighted by Gasteiger charge is -2.14. The minimum atomic E-state index is -0.121. The molecule has 0 bridgehead atoms. The van der Waals surface area contributed by atoms with Crippen LogP contribution in [0.1, 0.15) is 29.7 Å². The van der Waals surface area contributed by atoms with Crippen LogP contribution in [0, 0.1) is 6.92 Å². The highest BCUT2D eigenvalue weighted by Gasteiger charge is 2.09. The van der Waals surface area contributed by atoms with Crippen LogP contribution in [-0.2, 0) is 6.61 Å². The molecule has 1 aromatic carbocycles. The van der Waals surface area contributed by atoms with E-state index in [0.29, 0.717) is 11.6 Å². The Hall–Kier alpha value is -1.58. The second-order valence-electron chi connectivity index (χ2n) is 4.63. The lowest BCUT2D eigenvalue weighted by Crippen LogP contribution is -2.08. The molecule has 0 radical (unpaired) electrons. The first-order chi connectivity index (χ1) is 9.06. The van der Waals surface area contributed by atoms with Crippen molar-refractivity contribution in [3.05, 3.63) is 58.4 Å². The van der Waals surface area contributed by atoms with E-state index in [4.69, 9.17) is 22.1 Å². The molecule has 0 aliphatic carbocycles. The Kier molecular flexibility index (Phi) is 4.40. The molecule has 2 N–H and O–H groups in total. The van der Waals surface area contributed by atoms with Gasteiger partial charge in [-0.3, -0.25) is 4.98 Å². The number of halogens is 1. The maximum absolute atomic E-state index is 5.98. The fraction of sp³-hybridized carbons (Fsp3) is 0.267. The number of aromatic nitrogens is 1. The number of pyridine rings is 1. The molecular weight excluding hydrogens is 260 g/mol. The van der Waals surface area contributed by atoms with Crippen LogP contribution >= 0.6 is 11.6 Å². The van der Waals surface area contributed by atoms with Gasteiger partial charge in [0.25, 0.3) is 0 Å². The molecule has 1 atom stereocenters. The van der Waals surface area contributed by atoms with E-state index in [2.05, 4.69) is 11.1 Å². The summed E-state index contributed by atoms with van der Waals surface area (Å²) in [6, 6.07) is 7.43. The van der Waals surface area contributed by atoms with Crippen LogP contribution in [0.2, 0.25) is 5.02 Å². The van der Waals surface area contributed by atoms with Crippen LogP contribution in [0.15, 0.2) is 36.7 Å². The van der Waals surface area contributed by atoms with Gasteiger partial charge in [0, 0.05) is 34.6 Å². The van der Waals surface area contributed by atoms with Crippen molar-refractivity contribution in [3.8, 4) is 5.75 Å². The summed E-state index contributed by atoms with van der Waals surface area (Å²) in [6.07, 6.45) is 3.62. The molecule has 1 aromatic heterocycles. The maximum Gasteiger partial charge on any atom is 0.124 e. The molecule has 19 heavy (non-hydrogen) atoms. The van der Waals surface area contributed by atoms with Gasteiger partial charge in [0.15, 0.2) is 0 Å². The first kappa shape index (κ1) is 13.8. The highest BCUT2D eigenvalue weighted by molar-refractivity contribution is 6.30. The average molecular weight is 277 g/mol. The Labute approximate surface area is 118 Å². The average Bonchev–Trinajstić information content (AvgIpc) is 2.37. The number of hydrogen-bond donors (Lipinski definition) is 1. The molecule has 0 saturated heterocycles. The molecule has 100 valence electrons. The Bertz CT molecular complexity index is 570. The van der Waals surface area contributed by atoms with Crippen molar-refractivity contribution in [2.45, 2.75) is 26.5 Å². The molecule has 4 heteroatoms. The maximum atomic E-state index is 5.98. The summed E-state index contributed by atoms with van der Waals surface area (Å²) < 4.78 is 5.82. The van der Waals surface area contributed by atoms with Gasteiger partial charge in [-0.05, 0) is 43.7 Å². The van der Waals surface area contributed by atoms with E-state index < -0.39 is 0 Å². The first-order valence-corrected chi connectivity index (χ1v) is 6.52. The summed E-state index contributed by atoms with van der Waals surface area (Å²) in [6.45, 7) is 4.38. The number of ether oxygens (including phenoxy) is 1. The lowest BCUT2D eigenvalue weighted by atomic mass is 10.1. The molecule has 0 saturated carbocycles. The van der Waals surface area contributed by atoms with Crippen molar-refractivity contribution in [3.63, 3.8) is 0 Å². The number of benzene rings is 1. The minimum Gasteiger partial charge on any atom is -0.489 e. The summed E-state index contributed by atoms with van der Waals surface area (Å²) in [5.41, 5.74) is 8.98. The molecule has 0 spiro atoms. The zero-order valence-electron chi connectivity index (χ0n) is 11.1. The van der Waals surface area contributed by atoms with Gasteiger partial charge in [0.1, 0.15) is 12.4 Å². The molecule has 0 aliphatic rings. The van der Waals surface area contributed by atoms with E-state index in [9.17, 15) is 0 Å². The van der Waals surface area contributed by atoms with Crippen LogP contribution in [0.3, 0.4) is 0 Å². The third-order valence-electron chi connectivity index (χ3n) is 2.79. The highest BCUT2D eigenvalue weighted by atomic mass is 35.5. The van der Waals surface area contributed by atoms with Crippen LogP contribution < -0.4 is 10.5 Å². The third kappa shape index (κ3) is 3.69. The number of rotatable bonds is 4. The van der Waals surface area contributed by atoms with Gasteiger partial charge in [-0.1, -0.05) is 11.6 Å². The normalized spacial score (nSPS) is 12.2. The quantitative estimate of drug-likeness (QED) is 0.927. The first-order valence-electron chi connectivity index (χ1n) is 6.14. The molecule has 0 aliphatic heterocycles. The summed E-state index contributed by atoms with van der Waals surface area (Å²) >= 11 is 5.98. The molecule has 0 unspecified atom stereocenters. The molecular formula is C15H17ClN2O. The second-order valence-corrected chi connectivity index (χ2v) is 5.07. The third-order valence-corrected chi connectivity index (χ3v) is 3.02. The Morgan fingerprint density at radius 1 is 1.32 bits per heavy atom. The van der Waals surface area contributed by atoms with Crippen molar-refractivity contribution < 1.29 is 4.74 Å². The largest absolute Gasteiger partial charge is 0.489 e. The van der Waals surface area contributed by atoms with Crippen molar-refractivity contribution in [1.29, 1.82) is 0 Å². The van der Waals surface area contributed by atoms with E-state index in [0.717, 1.165) is 22.4 Å². The van der Waals surface area contributed by atoms with Crippen LogP contribution in [0.25, 0.3) is 0 Å². The Morgan fingerprint density at radius 2 is 2.11 bits per heavy atom. The standard InChI is InChI=1S/C15H17ClN2O/c1-10-5-12(8-18-7-10)9-19-15-4-3-13(16)6-14(15)11(2)17/h3-8,11H,9,17H2,1-2H3/t11-/m1/s1. The monoisotopic (exact) mass is 276 g/mol. The van der Waals surface area contributed by atoms with Gasteiger partial charge in [-0.2, -0.15) is 0 Å². The highest BCUT2D eigenvalue weighted by Crippen LogP contribution is 2.27. The van der Waals surface area contributed by atoms with Crippen molar-refractivity contribution >= 4 is 11.6 Å². The van der Waals surface area contributed by atoms with Gasteiger partial charge in [-0.15, -0.1) is 0 Å². The van der Waals surface area contributed by atoms with Gasteiger partial charge in [-0.25, -0.2) is 0 Å². The molecule has 0 amide bonds. The van der Waals surface area contributed by atoms with Crippen LogP contribution in [0.4, 0.5) is 0 Å². The SMILES string of the molecule is Cc1cncc(COc2ccc(Cl)cc2[C@@H](C)N)c1. The van der Waals surface area contributed by atoms with Gasteiger partial charge < -0.3 is 10.5 Å². The fourth-order valence-electron chi connectivity index (χ4n) is 1.86. The predicted octanol–water partition coefficient (Wildman–Crippen LogP) is 3.64. The van der Waals surface area contributed by atoms with Crippen molar-refractivity contribution in [2.75, 3.05) is 0 Å². The number of nitrogens with two attached hydrogens (primary N) is 1. The number of aryl methyl sites for hydroxylation is 1. The second kappa shape index (κ2) is 6.04. The summed E-state index contributed by atoms with van der Waals surface area (Å²) in [5, 5.41) is 0.664.